The third-order valence-electron chi connectivity index (χ3n) is 3.01. The number of carbonyl (C=O) groups is 1. The van der Waals surface area contributed by atoms with Gasteiger partial charge in [0.25, 0.3) is 0 Å². The SMILES string of the molecule is C/C(=N/NC(=O)C[n+]1ccccc1C)C1CC1. The normalized spacial score (nSPS) is 15.8. The first-order chi connectivity index (χ1) is 8.16. The van der Waals surface area contributed by atoms with Crippen molar-refractivity contribution in [2.24, 2.45) is 11.0 Å². The van der Waals surface area contributed by atoms with Crippen LogP contribution in [-0.2, 0) is 11.3 Å². The average Bonchev–Trinajstić information content (AvgIpc) is 3.13. The maximum atomic E-state index is 11.7. The van der Waals surface area contributed by atoms with Gasteiger partial charge in [-0.15, -0.1) is 0 Å². The van der Waals surface area contributed by atoms with Crippen molar-refractivity contribution in [3.05, 3.63) is 30.1 Å². The Hall–Kier alpha value is -1.71. The molecule has 1 saturated carbocycles. The van der Waals surface area contributed by atoms with Crippen molar-refractivity contribution in [2.75, 3.05) is 0 Å². The third kappa shape index (κ3) is 3.37. The topological polar surface area (TPSA) is 45.3 Å². The molecule has 2 rings (SSSR count). The zero-order chi connectivity index (χ0) is 12.3. The van der Waals surface area contributed by atoms with Gasteiger partial charge in [0, 0.05) is 24.8 Å². The average molecular weight is 232 g/mol. The Morgan fingerprint density at radius 1 is 1.53 bits per heavy atom. The van der Waals surface area contributed by atoms with E-state index < -0.39 is 0 Å². The van der Waals surface area contributed by atoms with Crippen LogP contribution in [0.2, 0.25) is 0 Å². The number of pyridine rings is 1. The highest BCUT2D eigenvalue weighted by Gasteiger charge is 2.24. The van der Waals surface area contributed by atoms with Crippen LogP contribution < -0.4 is 9.99 Å². The molecule has 0 saturated heterocycles. The Labute approximate surface area is 101 Å². The molecule has 0 unspecified atom stereocenters. The van der Waals surface area contributed by atoms with Gasteiger partial charge in [0.05, 0.1) is 0 Å². The van der Waals surface area contributed by atoms with Crippen LogP contribution in [0.5, 0.6) is 0 Å². The standard InChI is InChI=1S/C13H17N3O/c1-10-5-3-4-8-16(10)9-13(17)15-14-11(2)12-6-7-12/h3-5,8,12H,6-7,9H2,1-2H3/p+1/b14-11-. The molecule has 0 spiro atoms. The summed E-state index contributed by atoms with van der Waals surface area (Å²) in [4.78, 5) is 11.7. The van der Waals surface area contributed by atoms with Gasteiger partial charge in [-0.25, -0.2) is 5.43 Å². The summed E-state index contributed by atoms with van der Waals surface area (Å²) in [6.07, 6.45) is 4.31. The number of aromatic nitrogens is 1. The van der Waals surface area contributed by atoms with E-state index in [1.165, 1.54) is 12.8 Å². The smallest absolute Gasteiger partial charge is 0.266 e. The summed E-state index contributed by atoms with van der Waals surface area (Å²) in [5.74, 6) is 0.519. The Bertz CT molecular complexity index is 450. The van der Waals surface area contributed by atoms with E-state index in [4.69, 9.17) is 0 Å². The van der Waals surface area contributed by atoms with Crippen LogP contribution in [0.15, 0.2) is 29.5 Å². The maximum Gasteiger partial charge on any atom is 0.305 e. The number of carbonyl (C=O) groups excluding carboxylic acids is 1. The molecule has 0 radical (unpaired) electrons. The first-order valence-electron chi connectivity index (χ1n) is 5.95. The maximum absolute atomic E-state index is 11.7. The second-order valence-electron chi connectivity index (χ2n) is 4.53. The molecule has 0 atom stereocenters. The molecular formula is C13H18N3O+. The molecule has 1 aliphatic rings. The molecule has 1 aliphatic carbocycles. The molecular weight excluding hydrogens is 214 g/mol. The van der Waals surface area contributed by atoms with Crippen molar-refractivity contribution >= 4 is 11.6 Å². The third-order valence-corrected chi connectivity index (χ3v) is 3.01. The highest BCUT2D eigenvalue weighted by Crippen LogP contribution is 2.30. The zero-order valence-electron chi connectivity index (χ0n) is 10.3. The summed E-state index contributed by atoms with van der Waals surface area (Å²) in [5.41, 5.74) is 4.70. The van der Waals surface area contributed by atoms with Crippen LogP contribution in [0.25, 0.3) is 0 Å². The number of rotatable bonds is 4. The first-order valence-corrected chi connectivity index (χ1v) is 5.95. The predicted molar refractivity (Wildman–Crippen MR) is 65.3 cm³/mol. The lowest BCUT2D eigenvalue weighted by Gasteiger charge is -2.00. The molecule has 0 bridgehead atoms. The molecule has 17 heavy (non-hydrogen) atoms. The van der Waals surface area contributed by atoms with Gasteiger partial charge in [-0.05, 0) is 25.7 Å². The predicted octanol–water partition coefficient (Wildman–Crippen LogP) is 1.18. The number of aryl methyl sites for hydroxylation is 1. The lowest BCUT2D eigenvalue weighted by Crippen LogP contribution is -2.43. The Morgan fingerprint density at radius 2 is 2.29 bits per heavy atom. The highest BCUT2D eigenvalue weighted by molar-refractivity contribution is 5.87. The summed E-state index contributed by atoms with van der Waals surface area (Å²) >= 11 is 0. The van der Waals surface area contributed by atoms with Crippen molar-refractivity contribution in [2.45, 2.75) is 33.2 Å². The molecule has 4 nitrogen and oxygen atoms in total. The van der Waals surface area contributed by atoms with Crippen molar-refractivity contribution in [3.8, 4) is 0 Å². The van der Waals surface area contributed by atoms with Crippen LogP contribution >= 0.6 is 0 Å². The second kappa shape index (κ2) is 5.08. The molecule has 0 aromatic carbocycles. The van der Waals surface area contributed by atoms with E-state index in [9.17, 15) is 4.79 Å². The summed E-state index contributed by atoms with van der Waals surface area (Å²) in [5, 5.41) is 4.12. The van der Waals surface area contributed by atoms with Crippen molar-refractivity contribution in [3.63, 3.8) is 0 Å². The number of hydrazone groups is 1. The lowest BCUT2D eigenvalue weighted by molar-refractivity contribution is -0.690. The molecule has 1 amide bonds. The minimum Gasteiger partial charge on any atom is -0.266 e. The number of amides is 1. The van der Waals surface area contributed by atoms with Crippen LogP contribution in [0, 0.1) is 12.8 Å². The van der Waals surface area contributed by atoms with E-state index in [-0.39, 0.29) is 5.91 Å². The Morgan fingerprint density at radius 3 is 2.94 bits per heavy atom. The van der Waals surface area contributed by atoms with E-state index in [0.717, 1.165) is 11.4 Å². The van der Waals surface area contributed by atoms with E-state index >= 15 is 0 Å². The quantitative estimate of drug-likeness (QED) is 0.473. The minimum atomic E-state index is -0.0794. The van der Waals surface area contributed by atoms with Crippen LogP contribution in [0.1, 0.15) is 25.5 Å². The molecule has 1 fully saturated rings. The van der Waals surface area contributed by atoms with E-state index in [1.54, 1.807) is 0 Å². The van der Waals surface area contributed by atoms with Crippen molar-refractivity contribution < 1.29 is 9.36 Å². The van der Waals surface area contributed by atoms with Gasteiger partial charge in [-0.2, -0.15) is 9.67 Å². The molecule has 1 aromatic heterocycles. The first kappa shape index (κ1) is 11.8. The zero-order valence-corrected chi connectivity index (χ0v) is 10.3. The van der Waals surface area contributed by atoms with Crippen LogP contribution in [0.4, 0.5) is 0 Å². The van der Waals surface area contributed by atoms with Gasteiger partial charge in [-0.3, -0.25) is 4.79 Å². The van der Waals surface area contributed by atoms with E-state index in [2.05, 4.69) is 10.5 Å². The fourth-order valence-corrected chi connectivity index (χ4v) is 1.67. The van der Waals surface area contributed by atoms with Gasteiger partial charge in [0.1, 0.15) is 0 Å². The fraction of sp³-hybridized carbons (Fsp3) is 0.462. The summed E-state index contributed by atoms with van der Waals surface area (Å²) in [7, 11) is 0. The minimum absolute atomic E-state index is 0.0794. The summed E-state index contributed by atoms with van der Waals surface area (Å²) < 4.78 is 1.90. The molecule has 4 heteroatoms. The molecule has 1 heterocycles. The number of nitrogens with one attached hydrogen (secondary N) is 1. The summed E-state index contributed by atoms with van der Waals surface area (Å²) in [6, 6.07) is 5.85. The number of nitrogens with zero attached hydrogens (tertiary/aromatic N) is 2. The fourth-order valence-electron chi connectivity index (χ4n) is 1.67. The molecule has 0 aliphatic heterocycles. The van der Waals surface area contributed by atoms with Crippen molar-refractivity contribution in [1.29, 1.82) is 0 Å². The molecule has 1 aromatic rings. The summed E-state index contributed by atoms with van der Waals surface area (Å²) in [6.45, 7) is 4.26. The van der Waals surface area contributed by atoms with Crippen molar-refractivity contribution in [1.82, 2.24) is 5.43 Å². The van der Waals surface area contributed by atoms with Gasteiger partial charge < -0.3 is 0 Å². The largest absolute Gasteiger partial charge is 0.305 e. The Kier molecular flexibility index (Phi) is 3.52. The Balaban J connectivity index is 1.89. The monoisotopic (exact) mass is 232 g/mol. The van der Waals surface area contributed by atoms with Gasteiger partial charge in [0.2, 0.25) is 6.54 Å². The van der Waals surface area contributed by atoms with E-state index in [1.807, 2.05) is 42.8 Å². The molecule has 90 valence electrons. The second-order valence-corrected chi connectivity index (χ2v) is 4.53. The van der Waals surface area contributed by atoms with Gasteiger partial charge in [0.15, 0.2) is 11.9 Å². The van der Waals surface area contributed by atoms with Crippen LogP contribution in [-0.4, -0.2) is 11.6 Å². The lowest BCUT2D eigenvalue weighted by atomic mass is 10.3. The van der Waals surface area contributed by atoms with Gasteiger partial charge >= 0.3 is 5.91 Å². The highest BCUT2D eigenvalue weighted by atomic mass is 16.2. The molecule has 1 N–H and O–H groups in total. The number of hydrogen-bond donors (Lipinski definition) is 1. The van der Waals surface area contributed by atoms with Gasteiger partial charge in [-0.1, -0.05) is 6.07 Å². The van der Waals surface area contributed by atoms with Crippen LogP contribution in [0.3, 0.4) is 0 Å². The van der Waals surface area contributed by atoms with E-state index in [0.29, 0.717) is 12.5 Å². The number of hydrogen-bond acceptors (Lipinski definition) is 2.